The Morgan fingerprint density at radius 1 is 1.29 bits per heavy atom. The van der Waals surface area contributed by atoms with E-state index in [1.54, 1.807) is 0 Å². The van der Waals surface area contributed by atoms with Crippen LogP contribution in [0.3, 0.4) is 0 Å². The molecule has 0 unspecified atom stereocenters. The number of nitrogens with zero attached hydrogens (tertiary/aromatic N) is 1. The molecule has 21 heavy (non-hydrogen) atoms. The van der Waals surface area contributed by atoms with Gasteiger partial charge in [0.05, 0.1) is 4.92 Å². The number of rotatable bonds is 5. The van der Waals surface area contributed by atoms with Crippen LogP contribution in [0.15, 0.2) is 42.5 Å². The lowest BCUT2D eigenvalue weighted by atomic mass is 10.1. The van der Waals surface area contributed by atoms with E-state index in [2.05, 4.69) is 11.4 Å². The topological polar surface area (TPSA) is 55.2 Å². The van der Waals surface area contributed by atoms with Crippen molar-refractivity contribution in [3.63, 3.8) is 0 Å². The monoisotopic (exact) mass is 288 g/mol. The predicted molar refractivity (Wildman–Crippen MR) is 79.5 cm³/mol. The minimum absolute atomic E-state index is 0.0211. The van der Waals surface area contributed by atoms with Crippen LogP contribution in [-0.2, 0) is 6.54 Å². The summed E-state index contributed by atoms with van der Waals surface area (Å²) in [5, 5.41) is 14.1. The Balaban J connectivity index is 2.12. The normalized spacial score (nSPS) is 12.1. The molecule has 0 fully saturated rings. The van der Waals surface area contributed by atoms with Crippen LogP contribution in [0.2, 0.25) is 0 Å². The number of benzene rings is 2. The number of halogens is 1. The number of nitro groups is 1. The van der Waals surface area contributed by atoms with Crippen LogP contribution < -0.4 is 5.32 Å². The largest absolute Gasteiger partial charge is 0.306 e. The van der Waals surface area contributed by atoms with Crippen LogP contribution in [0.4, 0.5) is 10.1 Å². The third-order valence-corrected chi connectivity index (χ3v) is 3.38. The molecule has 0 aromatic heterocycles. The molecule has 0 saturated heterocycles. The summed E-state index contributed by atoms with van der Waals surface area (Å²) in [5.41, 5.74) is 2.52. The molecular weight excluding hydrogens is 271 g/mol. The highest BCUT2D eigenvalue weighted by Gasteiger charge is 2.15. The molecule has 0 aliphatic rings. The van der Waals surface area contributed by atoms with E-state index in [1.165, 1.54) is 12.1 Å². The summed E-state index contributed by atoms with van der Waals surface area (Å²) in [5.74, 6) is -0.472. The van der Waals surface area contributed by atoms with E-state index in [9.17, 15) is 14.5 Å². The highest BCUT2D eigenvalue weighted by atomic mass is 19.1. The maximum atomic E-state index is 13.3. The first-order chi connectivity index (χ1) is 9.97. The smallest absolute Gasteiger partial charge is 0.274 e. The molecule has 4 nitrogen and oxygen atoms in total. The molecule has 1 N–H and O–H groups in total. The lowest BCUT2D eigenvalue weighted by Gasteiger charge is -2.15. The first-order valence-corrected chi connectivity index (χ1v) is 6.70. The fraction of sp³-hybridized carbons (Fsp3) is 0.250. The van der Waals surface area contributed by atoms with E-state index in [0.717, 1.165) is 17.2 Å². The standard InChI is InChI=1S/C16H17FN2O2/c1-11-4-3-5-13(8-11)12(2)18-10-14-9-15(17)6-7-16(14)19(20)21/h3-9,12,18H,10H2,1-2H3/t12-/m0/s1. The van der Waals surface area contributed by atoms with Crippen LogP contribution >= 0.6 is 0 Å². The molecule has 0 aliphatic carbocycles. The van der Waals surface area contributed by atoms with Crippen molar-refractivity contribution in [2.75, 3.05) is 0 Å². The summed E-state index contributed by atoms with van der Waals surface area (Å²) in [4.78, 5) is 10.5. The summed E-state index contributed by atoms with van der Waals surface area (Å²) in [7, 11) is 0. The van der Waals surface area contributed by atoms with Crippen molar-refractivity contribution in [3.05, 3.63) is 75.1 Å². The number of nitro benzene ring substituents is 1. The molecule has 0 amide bonds. The van der Waals surface area contributed by atoms with Crippen LogP contribution in [0.5, 0.6) is 0 Å². The highest BCUT2D eigenvalue weighted by molar-refractivity contribution is 5.40. The molecule has 1 atom stereocenters. The second-order valence-electron chi connectivity index (χ2n) is 5.05. The van der Waals surface area contributed by atoms with Gasteiger partial charge in [-0.05, 0) is 31.5 Å². The Morgan fingerprint density at radius 3 is 2.71 bits per heavy atom. The van der Waals surface area contributed by atoms with E-state index >= 15 is 0 Å². The number of hydrogen-bond acceptors (Lipinski definition) is 3. The van der Waals surface area contributed by atoms with Gasteiger partial charge in [-0.15, -0.1) is 0 Å². The fourth-order valence-corrected chi connectivity index (χ4v) is 2.19. The van der Waals surface area contributed by atoms with Gasteiger partial charge in [0.15, 0.2) is 0 Å². The summed E-state index contributed by atoms with van der Waals surface area (Å²) in [6, 6.07) is 11.5. The zero-order chi connectivity index (χ0) is 15.4. The highest BCUT2D eigenvalue weighted by Crippen LogP contribution is 2.21. The van der Waals surface area contributed by atoms with Gasteiger partial charge in [-0.2, -0.15) is 0 Å². The van der Waals surface area contributed by atoms with Gasteiger partial charge >= 0.3 is 0 Å². The van der Waals surface area contributed by atoms with Gasteiger partial charge < -0.3 is 5.32 Å². The summed E-state index contributed by atoms with van der Waals surface area (Å²) < 4.78 is 13.3. The van der Waals surface area contributed by atoms with Crippen molar-refractivity contribution in [2.24, 2.45) is 0 Å². The molecule has 0 saturated carbocycles. The lowest BCUT2D eigenvalue weighted by Crippen LogP contribution is -2.19. The zero-order valence-electron chi connectivity index (χ0n) is 12.0. The van der Waals surface area contributed by atoms with Gasteiger partial charge in [0, 0.05) is 24.2 Å². The molecule has 110 valence electrons. The summed E-state index contributed by atoms with van der Waals surface area (Å²) in [6.07, 6.45) is 0. The van der Waals surface area contributed by atoms with Crippen molar-refractivity contribution in [2.45, 2.75) is 26.4 Å². The second kappa shape index (κ2) is 6.45. The Morgan fingerprint density at radius 2 is 2.05 bits per heavy atom. The molecule has 2 rings (SSSR count). The van der Waals surface area contributed by atoms with Gasteiger partial charge in [0.25, 0.3) is 5.69 Å². The quantitative estimate of drug-likeness (QED) is 0.670. The first-order valence-electron chi connectivity index (χ1n) is 6.70. The van der Waals surface area contributed by atoms with Crippen LogP contribution in [-0.4, -0.2) is 4.92 Å². The SMILES string of the molecule is Cc1cccc([C@H](C)NCc2cc(F)ccc2[N+](=O)[O-])c1. The van der Waals surface area contributed by atoms with E-state index in [0.29, 0.717) is 5.56 Å². The molecule has 0 heterocycles. The van der Waals surface area contributed by atoms with Crippen molar-refractivity contribution in [1.82, 2.24) is 5.32 Å². The van der Waals surface area contributed by atoms with Gasteiger partial charge in [-0.3, -0.25) is 10.1 Å². The van der Waals surface area contributed by atoms with Gasteiger partial charge in [0.2, 0.25) is 0 Å². The van der Waals surface area contributed by atoms with Crippen molar-refractivity contribution in [3.8, 4) is 0 Å². The number of aryl methyl sites for hydroxylation is 1. The van der Waals surface area contributed by atoms with Crippen molar-refractivity contribution >= 4 is 5.69 Å². The molecule has 0 bridgehead atoms. The first kappa shape index (κ1) is 15.1. The van der Waals surface area contributed by atoms with Crippen LogP contribution in [0.25, 0.3) is 0 Å². The Bertz CT molecular complexity index is 658. The van der Waals surface area contributed by atoms with Crippen molar-refractivity contribution < 1.29 is 9.31 Å². The Kier molecular flexibility index (Phi) is 4.65. The second-order valence-corrected chi connectivity index (χ2v) is 5.05. The lowest BCUT2D eigenvalue weighted by molar-refractivity contribution is -0.385. The fourth-order valence-electron chi connectivity index (χ4n) is 2.19. The van der Waals surface area contributed by atoms with Gasteiger partial charge in [-0.1, -0.05) is 29.8 Å². The van der Waals surface area contributed by atoms with E-state index in [-0.39, 0.29) is 18.3 Å². The Hall–Kier alpha value is -2.27. The minimum atomic E-state index is -0.492. The average molecular weight is 288 g/mol. The van der Waals surface area contributed by atoms with Crippen LogP contribution in [0.1, 0.15) is 29.7 Å². The molecular formula is C16H17FN2O2. The Labute approximate surface area is 122 Å². The van der Waals surface area contributed by atoms with Crippen molar-refractivity contribution in [1.29, 1.82) is 0 Å². The van der Waals surface area contributed by atoms with Gasteiger partial charge in [0.1, 0.15) is 5.82 Å². The van der Waals surface area contributed by atoms with E-state index in [1.807, 2.05) is 32.0 Å². The number of hydrogen-bond donors (Lipinski definition) is 1. The third-order valence-electron chi connectivity index (χ3n) is 3.38. The average Bonchev–Trinajstić information content (AvgIpc) is 2.44. The summed E-state index contributed by atoms with van der Waals surface area (Å²) >= 11 is 0. The minimum Gasteiger partial charge on any atom is -0.306 e. The number of nitrogens with one attached hydrogen (secondary N) is 1. The molecule has 2 aromatic carbocycles. The third kappa shape index (κ3) is 3.86. The molecule has 5 heteroatoms. The maximum Gasteiger partial charge on any atom is 0.274 e. The van der Waals surface area contributed by atoms with Gasteiger partial charge in [-0.25, -0.2) is 4.39 Å². The molecule has 0 spiro atoms. The molecule has 2 aromatic rings. The zero-order valence-corrected chi connectivity index (χ0v) is 12.0. The van der Waals surface area contributed by atoms with E-state index in [4.69, 9.17) is 0 Å². The summed E-state index contributed by atoms with van der Waals surface area (Å²) in [6.45, 7) is 4.22. The predicted octanol–water partition coefficient (Wildman–Crippen LogP) is 3.89. The maximum absolute atomic E-state index is 13.3. The van der Waals surface area contributed by atoms with Crippen LogP contribution in [0, 0.1) is 22.9 Å². The molecule has 0 aliphatic heterocycles. The van der Waals surface area contributed by atoms with E-state index < -0.39 is 10.7 Å². The molecule has 0 radical (unpaired) electrons.